The molecule has 0 spiro atoms. The van der Waals surface area contributed by atoms with E-state index in [4.69, 9.17) is 9.47 Å². The van der Waals surface area contributed by atoms with E-state index in [-0.39, 0.29) is 41.9 Å². The van der Waals surface area contributed by atoms with Crippen molar-refractivity contribution in [3.8, 4) is 11.5 Å². The van der Waals surface area contributed by atoms with Crippen LogP contribution in [0.25, 0.3) is 0 Å². The zero-order valence-electron chi connectivity index (χ0n) is 19.2. The maximum absolute atomic E-state index is 12.4. The van der Waals surface area contributed by atoms with Gasteiger partial charge in [0.25, 0.3) is 11.8 Å². The lowest BCUT2D eigenvalue weighted by Gasteiger charge is -2.19. The molecular formula is C24H31IN4O4. The number of benzene rings is 2. The predicted octanol–water partition coefficient (Wildman–Crippen LogP) is 3.32. The number of amides is 2. The van der Waals surface area contributed by atoms with Crippen molar-refractivity contribution in [1.29, 1.82) is 0 Å². The van der Waals surface area contributed by atoms with E-state index in [1.165, 1.54) is 4.90 Å². The van der Waals surface area contributed by atoms with Crippen LogP contribution in [-0.2, 0) is 0 Å². The molecule has 2 aromatic carbocycles. The summed E-state index contributed by atoms with van der Waals surface area (Å²) in [7, 11) is 3.32. The summed E-state index contributed by atoms with van der Waals surface area (Å²) < 4.78 is 11.2. The number of hydrogen-bond donors (Lipinski definition) is 2. The first-order valence-corrected chi connectivity index (χ1v) is 10.7. The molecule has 0 saturated carbocycles. The number of rotatable bonds is 10. The van der Waals surface area contributed by atoms with Gasteiger partial charge in [-0.3, -0.25) is 19.5 Å². The van der Waals surface area contributed by atoms with Crippen LogP contribution in [0.4, 0.5) is 0 Å². The van der Waals surface area contributed by atoms with Crippen LogP contribution < -0.4 is 20.1 Å². The van der Waals surface area contributed by atoms with Crippen LogP contribution in [0.2, 0.25) is 0 Å². The fourth-order valence-electron chi connectivity index (χ4n) is 3.48. The van der Waals surface area contributed by atoms with Crippen molar-refractivity contribution in [3.05, 3.63) is 59.7 Å². The average Bonchev–Trinajstić information content (AvgIpc) is 3.06. The number of nitrogens with zero attached hydrogens (tertiary/aromatic N) is 2. The number of carbonyl (C=O) groups excluding carboxylic acids is 2. The van der Waals surface area contributed by atoms with E-state index in [1.807, 2.05) is 31.2 Å². The number of ether oxygens (including phenoxy) is 2. The SMILES string of the molecule is CN=C(NCCCCN1C(=O)c2ccccc2C1=O)NCC(C)Oc1ccccc1OC.I. The molecule has 1 aliphatic rings. The van der Waals surface area contributed by atoms with E-state index in [1.54, 1.807) is 38.4 Å². The van der Waals surface area contributed by atoms with Gasteiger partial charge in [-0.15, -0.1) is 24.0 Å². The molecule has 1 unspecified atom stereocenters. The molecule has 33 heavy (non-hydrogen) atoms. The van der Waals surface area contributed by atoms with Gasteiger partial charge in [-0.05, 0) is 44.0 Å². The summed E-state index contributed by atoms with van der Waals surface area (Å²) in [4.78, 5) is 30.3. The van der Waals surface area contributed by atoms with Crippen LogP contribution in [-0.4, -0.2) is 62.6 Å². The molecule has 2 aromatic rings. The average molecular weight is 566 g/mol. The number of hydrogen-bond acceptors (Lipinski definition) is 5. The Labute approximate surface area is 211 Å². The molecule has 178 valence electrons. The molecule has 2 N–H and O–H groups in total. The Balaban J connectivity index is 0.00000385. The molecule has 3 rings (SSSR count). The Morgan fingerprint density at radius 3 is 2.18 bits per heavy atom. The molecule has 0 bridgehead atoms. The quantitative estimate of drug-likeness (QED) is 0.151. The monoisotopic (exact) mass is 566 g/mol. The predicted molar refractivity (Wildman–Crippen MR) is 139 cm³/mol. The van der Waals surface area contributed by atoms with Crippen molar-refractivity contribution >= 4 is 41.8 Å². The second-order valence-electron chi connectivity index (χ2n) is 7.47. The molecule has 1 aliphatic heterocycles. The number of nitrogens with one attached hydrogen (secondary N) is 2. The summed E-state index contributed by atoms with van der Waals surface area (Å²) in [5.41, 5.74) is 0.981. The summed E-state index contributed by atoms with van der Waals surface area (Å²) in [6, 6.07) is 14.5. The van der Waals surface area contributed by atoms with E-state index in [9.17, 15) is 9.59 Å². The molecule has 0 saturated heterocycles. The lowest BCUT2D eigenvalue weighted by Crippen LogP contribution is -2.42. The number of fused-ring (bicyclic) bond motifs is 1. The number of imide groups is 1. The lowest BCUT2D eigenvalue weighted by atomic mass is 10.1. The molecule has 0 aliphatic carbocycles. The van der Waals surface area contributed by atoms with Crippen molar-refractivity contribution in [2.24, 2.45) is 4.99 Å². The molecule has 0 radical (unpaired) electrons. The maximum Gasteiger partial charge on any atom is 0.261 e. The Hall–Kier alpha value is -2.82. The number of unbranched alkanes of at least 4 members (excludes halogenated alkanes) is 1. The third-order valence-electron chi connectivity index (χ3n) is 5.16. The highest BCUT2D eigenvalue weighted by atomic mass is 127. The van der Waals surface area contributed by atoms with Crippen LogP contribution in [0.1, 0.15) is 40.5 Å². The first kappa shape index (κ1) is 26.4. The van der Waals surface area contributed by atoms with E-state index < -0.39 is 0 Å². The van der Waals surface area contributed by atoms with E-state index in [0.29, 0.717) is 54.6 Å². The van der Waals surface area contributed by atoms with Crippen LogP contribution in [0, 0.1) is 0 Å². The van der Waals surface area contributed by atoms with Crippen molar-refractivity contribution in [2.75, 3.05) is 33.8 Å². The smallest absolute Gasteiger partial charge is 0.261 e. The summed E-state index contributed by atoms with van der Waals surface area (Å²) in [5.74, 6) is 1.64. The normalized spacial score (nSPS) is 13.8. The molecule has 9 heteroatoms. The largest absolute Gasteiger partial charge is 0.493 e. The van der Waals surface area contributed by atoms with Gasteiger partial charge >= 0.3 is 0 Å². The first-order chi connectivity index (χ1) is 15.5. The molecule has 2 amide bonds. The third-order valence-corrected chi connectivity index (χ3v) is 5.16. The molecule has 0 fully saturated rings. The highest BCUT2D eigenvalue weighted by molar-refractivity contribution is 14.0. The number of para-hydroxylation sites is 2. The highest BCUT2D eigenvalue weighted by Gasteiger charge is 2.34. The highest BCUT2D eigenvalue weighted by Crippen LogP contribution is 2.26. The van der Waals surface area contributed by atoms with Gasteiger partial charge in [0.1, 0.15) is 6.10 Å². The summed E-state index contributed by atoms with van der Waals surface area (Å²) in [6.07, 6.45) is 1.41. The van der Waals surface area contributed by atoms with E-state index in [2.05, 4.69) is 15.6 Å². The van der Waals surface area contributed by atoms with Crippen LogP contribution in [0.3, 0.4) is 0 Å². The molecule has 1 heterocycles. The van der Waals surface area contributed by atoms with Gasteiger partial charge in [0, 0.05) is 20.1 Å². The standard InChI is InChI=1S/C24H30N4O4.HI/c1-17(32-21-13-7-6-12-20(21)31-3)16-27-24(25-2)26-14-8-9-15-28-22(29)18-10-4-5-11-19(18)23(28)30;/h4-7,10-13,17H,8-9,14-16H2,1-3H3,(H2,25,26,27);1H. The Kier molecular flexibility index (Phi) is 10.4. The van der Waals surface area contributed by atoms with Crippen LogP contribution >= 0.6 is 24.0 Å². The van der Waals surface area contributed by atoms with Gasteiger partial charge in [-0.25, -0.2) is 0 Å². The van der Waals surface area contributed by atoms with Crippen molar-refractivity contribution in [1.82, 2.24) is 15.5 Å². The summed E-state index contributed by atoms with van der Waals surface area (Å²) in [6.45, 7) is 3.61. The van der Waals surface area contributed by atoms with Crippen molar-refractivity contribution in [3.63, 3.8) is 0 Å². The number of aliphatic imine (C=N–C) groups is 1. The lowest BCUT2D eigenvalue weighted by molar-refractivity contribution is 0.0652. The molecule has 8 nitrogen and oxygen atoms in total. The number of carbonyl (C=O) groups is 2. The molecule has 1 atom stereocenters. The van der Waals surface area contributed by atoms with E-state index in [0.717, 1.165) is 6.42 Å². The fraction of sp³-hybridized carbons (Fsp3) is 0.375. The zero-order valence-corrected chi connectivity index (χ0v) is 21.5. The Morgan fingerprint density at radius 1 is 0.970 bits per heavy atom. The first-order valence-electron chi connectivity index (χ1n) is 10.7. The Morgan fingerprint density at radius 2 is 1.58 bits per heavy atom. The van der Waals surface area contributed by atoms with Crippen molar-refractivity contribution in [2.45, 2.75) is 25.9 Å². The number of methoxy groups -OCH3 is 1. The number of guanidine groups is 1. The molecule has 0 aromatic heterocycles. The topological polar surface area (TPSA) is 92.3 Å². The minimum atomic E-state index is -0.208. The second-order valence-corrected chi connectivity index (χ2v) is 7.47. The number of halogens is 1. The van der Waals surface area contributed by atoms with E-state index >= 15 is 0 Å². The second kappa shape index (κ2) is 13.0. The van der Waals surface area contributed by atoms with Crippen LogP contribution in [0.15, 0.2) is 53.5 Å². The van der Waals surface area contributed by atoms with Gasteiger partial charge in [0.15, 0.2) is 17.5 Å². The van der Waals surface area contributed by atoms with Crippen LogP contribution in [0.5, 0.6) is 11.5 Å². The van der Waals surface area contributed by atoms with Gasteiger partial charge in [-0.2, -0.15) is 0 Å². The Bertz CT molecular complexity index is 947. The third kappa shape index (κ3) is 6.83. The summed E-state index contributed by atoms with van der Waals surface area (Å²) in [5, 5.41) is 6.49. The minimum absolute atomic E-state index is 0. The van der Waals surface area contributed by atoms with Gasteiger partial charge in [0.05, 0.1) is 24.8 Å². The maximum atomic E-state index is 12.4. The zero-order chi connectivity index (χ0) is 22.9. The summed E-state index contributed by atoms with van der Waals surface area (Å²) >= 11 is 0. The van der Waals surface area contributed by atoms with Crippen molar-refractivity contribution < 1.29 is 19.1 Å². The van der Waals surface area contributed by atoms with Gasteiger partial charge < -0.3 is 20.1 Å². The minimum Gasteiger partial charge on any atom is -0.493 e. The van der Waals surface area contributed by atoms with Gasteiger partial charge in [0.2, 0.25) is 0 Å². The molecular weight excluding hydrogens is 535 g/mol. The van der Waals surface area contributed by atoms with Gasteiger partial charge in [-0.1, -0.05) is 24.3 Å². The fourth-order valence-corrected chi connectivity index (χ4v) is 3.48.